The molecule has 11 aromatic heterocycles. The molecule has 0 aliphatic carbocycles. The first-order chi connectivity index (χ1) is 69.9. The third kappa shape index (κ3) is 24.9. The minimum Gasteiger partial charge on any atom is -0.383 e. The van der Waals surface area contributed by atoms with Gasteiger partial charge in [0, 0.05) is 87.3 Å². The number of hydrogen-bond acceptors (Lipinski definition) is 52. The molecular weight excluding hydrogens is 2240 g/mol. The Labute approximate surface area is 866 Å². The number of fused-ring (bicyclic) bond motifs is 4. The van der Waals surface area contributed by atoms with E-state index >= 15 is 0 Å². The maximum absolute atomic E-state index is 13.7. The van der Waals surface area contributed by atoms with Crippen molar-refractivity contribution < 1.29 is 131 Å². The quantitative estimate of drug-likeness (QED) is 0.0236. The number of aromatic amines is 3. The fourth-order valence-electron chi connectivity index (χ4n) is 17.4. The van der Waals surface area contributed by atoms with Crippen LogP contribution >= 0.6 is 47.0 Å². The molecule has 0 saturated carbocycles. The van der Waals surface area contributed by atoms with E-state index in [-0.39, 0.29) is 130 Å². The van der Waals surface area contributed by atoms with Crippen molar-refractivity contribution in [2.45, 2.75) is 208 Å². The summed E-state index contributed by atoms with van der Waals surface area (Å²) in [4.78, 5) is 220. The van der Waals surface area contributed by atoms with E-state index in [9.17, 15) is 63.0 Å². The van der Waals surface area contributed by atoms with Crippen LogP contribution in [0.2, 0.25) is 0 Å². The van der Waals surface area contributed by atoms with Crippen molar-refractivity contribution in [2.75, 3.05) is 81.2 Å². The summed E-state index contributed by atoms with van der Waals surface area (Å²) in [7, 11) is 1.14. The highest BCUT2D eigenvalue weighted by molar-refractivity contribution is 8.09. The molecule has 18 rings (SSSR count). The number of aryl methyl sites for hydroxylation is 3. The summed E-state index contributed by atoms with van der Waals surface area (Å²) in [6.45, 7) is -29.5. The van der Waals surface area contributed by atoms with E-state index in [1.54, 1.807) is 20.8 Å². The predicted octanol–water partition coefficient (Wildman–Crippen LogP) is 0.798. The van der Waals surface area contributed by atoms with Gasteiger partial charge in [0.05, 0.1) is 114 Å². The molecule has 7 aliphatic heterocycles. The number of H-pyrrole nitrogens is 3. The molecule has 0 spiro atoms. The Bertz CT molecular complexity index is 7670. The van der Waals surface area contributed by atoms with Crippen LogP contribution in [0.15, 0.2) is 85.3 Å². The highest BCUT2D eigenvalue weighted by Gasteiger charge is 2.52. The Kier molecular flexibility index (Phi) is 32.8. The molecule has 804 valence electrons. The molecule has 0 radical (unpaired) electrons. The van der Waals surface area contributed by atoms with Gasteiger partial charge in [-0.15, -0.1) is 0 Å². The lowest BCUT2D eigenvalue weighted by molar-refractivity contribution is -0.0571. The third-order valence-electron chi connectivity index (χ3n) is 24.5. The van der Waals surface area contributed by atoms with Gasteiger partial charge in [0.15, 0.2) is 45.3 Å². The zero-order chi connectivity index (χ0) is 106. The Morgan fingerprint density at radius 3 is 0.899 bits per heavy atom. The molecule has 7 saturated heterocycles. The van der Waals surface area contributed by atoms with E-state index in [0.29, 0.717) is 17.5 Å². The third-order valence-corrected chi connectivity index (χ3v) is 35.8. The fraction of sp³-hybridized carbons (Fsp3) is 0.556. The first-order valence-electron chi connectivity index (χ1n) is 44.3. The van der Waals surface area contributed by atoms with Gasteiger partial charge < -0.3 is 165 Å². The van der Waals surface area contributed by atoms with Crippen LogP contribution in [0.3, 0.4) is 0 Å². The molecule has 7 unspecified atom stereocenters. The van der Waals surface area contributed by atoms with Crippen molar-refractivity contribution in [3.8, 4) is 0 Å². The molecule has 0 amide bonds. The van der Waals surface area contributed by atoms with Gasteiger partial charge in [0.2, 0.25) is 11.9 Å². The lowest BCUT2D eigenvalue weighted by atomic mass is 10.1. The highest BCUT2D eigenvalue weighted by atomic mass is 32.5. The molecule has 22 N–H and O–H groups in total. The SMILES string of the molecule is CC[C@H]1O[C@@H](n2cnc3c(=O)[nH]c(N)nc32)C[C@H]1OP(O)(=S)OC[C@H]1O[C@@H](n2cc(C)c(N)nc2=O)C[C@H]1OP(O)(=S)OC[C@H]1O[C@@H](n2cc(C)c(N)nc2=O)C[C@H]1OP(O)(=S)OC[C@H]1O[C@@H](n2cnc3c(N)ncnc32)C[C@H]1OP(O)(=S)OC[C@H]1O[C@@H](n2cnc3c(=O)[nH]c(N)nc32)C[C@H]1OP(O)(=S)OC[C@H]1O[C@@H](n2cc(C)c(=O)[nH]c2=O)C[C@H]1OP(O)(=S)OC[C@H]1O[C@@H](n2cnc3c(N)ncnc32)C[C@H]1OP(O)(=S)OC. The Hall–Kier alpha value is -7.53. The van der Waals surface area contributed by atoms with Gasteiger partial charge in [-0.2, -0.15) is 19.9 Å². The molecule has 11 aromatic rings. The van der Waals surface area contributed by atoms with Crippen molar-refractivity contribution >= 4 is 210 Å². The van der Waals surface area contributed by atoms with Gasteiger partial charge in [-0.25, -0.2) is 54.3 Å². The molecule has 7 fully saturated rings. The fourth-order valence-corrected chi connectivity index (χ4v) is 27.2. The Morgan fingerprint density at radius 2 is 0.595 bits per heavy atom. The van der Waals surface area contributed by atoms with E-state index in [4.69, 9.17) is 214 Å². The Morgan fingerprint density at radius 1 is 0.331 bits per heavy atom. The second-order valence-corrected chi connectivity index (χ2v) is 54.0. The normalized spacial score (nSPS) is 29.3. The van der Waals surface area contributed by atoms with E-state index in [0.717, 1.165) is 20.8 Å². The van der Waals surface area contributed by atoms with Crippen LogP contribution in [-0.4, -0.2) is 273 Å². The number of imidazole rings is 4. The van der Waals surface area contributed by atoms with Crippen molar-refractivity contribution in [3.63, 3.8) is 0 Å². The zero-order valence-electron chi connectivity index (χ0n) is 77.3. The summed E-state index contributed by atoms with van der Waals surface area (Å²) in [6.07, 6.45) is -15.7. The molecule has 76 heteroatoms. The number of ether oxygens (including phenoxy) is 7. The van der Waals surface area contributed by atoms with Crippen molar-refractivity contribution in [1.82, 2.24) is 107 Å². The summed E-state index contributed by atoms with van der Waals surface area (Å²) in [5.74, 6) is -0.624. The summed E-state index contributed by atoms with van der Waals surface area (Å²) in [5.41, 5.74) is 33.0. The summed E-state index contributed by atoms with van der Waals surface area (Å²) >= 11 is 39.2. The second-order valence-electron chi connectivity index (χ2n) is 34.4. The van der Waals surface area contributed by atoms with Crippen LogP contribution in [0.1, 0.15) is 119 Å². The van der Waals surface area contributed by atoms with Crippen molar-refractivity contribution in [2.24, 2.45) is 0 Å². The number of nitrogens with two attached hydrogens (primary N) is 6. The summed E-state index contributed by atoms with van der Waals surface area (Å²) in [5, 5.41) is 0. The monoisotopic (exact) mass is 2340 g/mol. The Balaban J connectivity index is 0.560. The minimum absolute atomic E-state index is 0.0111. The lowest BCUT2D eigenvalue weighted by Crippen LogP contribution is -2.33. The maximum Gasteiger partial charge on any atom is 0.351 e. The highest BCUT2D eigenvalue weighted by Crippen LogP contribution is 2.59. The molecule has 0 aromatic carbocycles. The van der Waals surface area contributed by atoms with Crippen molar-refractivity contribution in [3.05, 3.63) is 136 Å². The number of nitrogens with one attached hydrogen (secondary N) is 3. The number of hydrogen-bond donors (Lipinski definition) is 16. The lowest BCUT2D eigenvalue weighted by Gasteiger charge is -2.29. The topological polar surface area (TPSA) is 831 Å². The van der Waals surface area contributed by atoms with Crippen LogP contribution in [0, 0.1) is 20.8 Å². The van der Waals surface area contributed by atoms with Gasteiger partial charge in [0.25, 0.3) is 16.7 Å². The van der Waals surface area contributed by atoms with Gasteiger partial charge in [0.1, 0.15) is 116 Å². The molecule has 7 aliphatic rings. The van der Waals surface area contributed by atoms with Gasteiger partial charge in [-0.1, -0.05) is 6.92 Å². The van der Waals surface area contributed by atoms with Crippen molar-refractivity contribution in [1.29, 1.82) is 0 Å². The number of anilines is 6. The van der Waals surface area contributed by atoms with E-state index < -0.39 is 249 Å². The maximum atomic E-state index is 13.7. The largest absolute Gasteiger partial charge is 0.383 e. The van der Waals surface area contributed by atoms with Gasteiger partial charge in [-0.05, 0) is 110 Å². The summed E-state index contributed by atoms with van der Waals surface area (Å²) in [6, 6.07) is 0. The predicted molar refractivity (Wildman–Crippen MR) is 538 cm³/mol. The number of aromatic nitrogens is 22. The number of nitrogen functional groups attached to an aromatic ring is 6. The standard InChI is InChI=1S/C72H95N28O34P7S7/c1-6-32-33(7-51(121-32)99-27-85-55-63(99)89-68(77)91-66(55)102)129-136(108,143)115-18-41-35(8-46(122-41)94-14-29(2)57(73)87-70(94)104)130-138(110,145)117-19-42-36(9-47(123-42)95-15-30(3)58(74)88-71(95)105)131-139(111,146)119-21-44-38(12-50(126-44)98-26-84-54-60(76)80-24-82-62(54)98)133-141(113,148)120-22-45-39(13-52(127-45)100-28-86-56-64(100)90-69(78)92-67(56)103)134-140(112,147)118-20-43-37(10-48(124-43)96-16-31(4)65(101)93-72(96)106)132-137(109,144)116-17-40-34(128-135(107,142)114-5)11-49(125-40)97-25-83-53-59(75)79-23-81-61(53)97/h14-16,23-28,32-52H,6-13,17-22H2,1-5H3,(H,107,142)(H,108,143)(H,109,144)(H,110,145)(H,111,146)(H,112,147)(H,113,148)(H2,73,87,104)(H2,74,88,105)(H2,75,79,81)(H2,76,80,82)(H,93,101,106)(H3,77,89,91,102)(H3,78,90,92,103)/t32-,33-,34-,35-,36-,37-,38-,39-,40-,41-,42-,43-,44-,45-,46-,47-,48-,49-,50-,51-,52-,135?,136?,137?,138?,139?,140?,141?/m1/s1. The van der Waals surface area contributed by atoms with Crippen LogP contribution in [0.4, 0.5) is 35.2 Å². The summed E-state index contributed by atoms with van der Waals surface area (Å²) < 4.78 is 138. The minimum atomic E-state index is -4.73. The molecule has 62 nitrogen and oxygen atoms in total. The van der Waals surface area contributed by atoms with Crippen LogP contribution in [0.5, 0.6) is 0 Å². The average Bonchev–Trinajstić information content (AvgIpc) is 1.62. The molecular formula is C72H95N28O34P7S7. The van der Waals surface area contributed by atoms with Gasteiger partial charge >= 0.3 is 64.1 Å². The van der Waals surface area contributed by atoms with Crippen LogP contribution in [0.25, 0.3) is 44.7 Å². The first kappa shape index (κ1) is 110. The van der Waals surface area contributed by atoms with E-state index in [2.05, 4.69) is 74.8 Å². The molecule has 28 atom stereocenters. The first-order valence-corrected chi connectivity index (χ1v) is 62.5. The van der Waals surface area contributed by atoms with Crippen LogP contribution in [-0.2, 0) is 179 Å². The molecule has 18 heterocycles. The van der Waals surface area contributed by atoms with E-state index in [1.807, 2.05) is 0 Å². The average molecular weight is 2340 g/mol. The molecule has 0 bridgehead atoms. The van der Waals surface area contributed by atoms with Crippen LogP contribution < -0.4 is 68.1 Å². The second kappa shape index (κ2) is 44.0. The van der Waals surface area contributed by atoms with Gasteiger partial charge in [-0.3, -0.25) is 61.3 Å². The van der Waals surface area contributed by atoms with E-state index in [1.165, 1.54) is 81.7 Å². The smallest absolute Gasteiger partial charge is 0.351 e. The number of rotatable bonds is 41. The zero-order valence-corrected chi connectivity index (χ0v) is 89.3. The molecule has 148 heavy (non-hydrogen) atoms. The number of nitrogens with zero attached hydrogens (tertiary/aromatic N) is 19.